The summed E-state index contributed by atoms with van der Waals surface area (Å²) in [5.41, 5.74) is 0.703. The highest BCUT2D eigenvalue weighted by atomic mass is 32.2. The first kappa shape index (κ1) is 15.7. The van der Waals surface area contributed by atoms with E-state index in [4.69, 9.17) is 0 Å². The molecular weight excluding hydrogens is 327 g/mol. The van der Waals surface area contributed by atoms with Gasteiger partial charge in [0.05, 0.1) is 21.8 Å². The lowest BCUT2D eigenvalue weighted by molar-refractivity contribution is -0.137. The molecular formula is C15H12F3N3OS. The molecule has 1 aromatic carbocycles. The Morgan fingerprint density at radius 2 is 2.00 bits per heavy atom. The predicted octanol–water partition coefficient (Wildman–Crippen LogP) is 3.74. The molecule has 2 aromatic heterocycles. The van der Waals surface area contributed by atoms with Gasteiger partial charge in [0.2, 0.25) is 0 Å². The predicted molar refractivity (Wildman–Crippen MR) is 82.8 cm³/mol. The second kappa shape index (κ2) is 5.45. The van der Waals surface area contributed by atoms with E-state index in [2.05, 4.69) is 10.1 Å². The second-order valence-electron chi connectivity index (χ2n) is 4.98. The Balaban J connectivity index is 2.19. The highest BCUT2D eigenvalue weighted by molar-refractivity contribution is 7.98. The standard InChI is InChI=1S/C15H12F3N3OS/c1-8-13(23-2)14(22)21-12(19-8)7-11(20-21)9-4-3-5-10(6-9)15(16,17)18/h3-7,20H,1-2H3. The van der Waals surface area contributed by atoms with E-state index < -0.39 is 11.7 Å². The normalized spacial score (nSPS) is 12.0. The number of nitrogens with one attached hydrogen (secondary N) is 1. The van der Waals surface area contributed by atoms with Gasteiger partial charge >= 0.3 is 6.18 Å². The van der Waals surface area contributed by atoms with E-state index in [0.29, 0.717) is 27.5 Å². The lowest BCUT2D eigenvalue weighted by Gasteiger charge is -2.07. The Morgan fingerprint density at radius 3 is 2.65 bits per heavy atom. The quantitative estimate of drug-likeness (QED) is 0.724. The van der Waals surface area contributed by atoms with Gasteiger partial charge < -0.3 is 0 Å². The van der Waals surface area contributed by atoms with Crippen molar-refractivity contribution in [2.75, 3.05) is 6.26 Å². The van der Waals surface area contributed by atoms with Crippen LogP contribution in [0.15, 0.2) is 40.0 Å². The van der Waals surface area contributed by atoms with Crippen molar-refractivity contribution in [1.29, 1.82) is 0 Å². The molecule has 3 aromatic rings. The number of benzene rings is 1. The SMILES string of the molecule is CSc1c(C)nc2cc(-c3cccc(C(F)(F)F)c3)[nH]n2c1=O. The van der Waals surface area contributed by atoms with Crippen molar-refractivity contribution in [2.45, 2.75) is 18.0 Å². The number of nitrogens with zero attached hydrogens (tertiary/aromatic N) is 2. The van der Waals surface area contributed by atoms with Gasteiger partial charge in [-0.3, -0.25) is 9.89 Å². The molecule has 0 aliphatic carbocycles. The van der Waals surface area contributed by atoms with Crippen LogP contribution in [0.4, 0.5) is 13.2 Å². The molecule has 0 saturated heterocycles. The van der Waals surface area contributed by atoms with Crippen LogP contribution in [0.25, 0.3) is 16.9 Å². The van der Waals surface area contributed by atoms with Crippen molar-refractivity contribution in [3.63, 3.8) is 0 Å². The van der Waals surface area contributed by atoms with Gasteiger partial charge in [-0.15, -0.1) is 11.8 Å². The van der Waals surface area contributed by atoms with Crippen LogP contribution >= 0.6 is 11.8 Å². The number of H-pyrrole nitrogens is 1. The van der Waals surface area contributed by atoms with E-state index in [9.17, 15) is 18.0 Å². The summed E-state index contributed by atoms with van der Waals surface area (Å²) in [7, 11) is 0. The average molecular weight is 339 g/mol. The Labute approximate surface area is 133 Å². The van der Waals surface area contributed by atoms with E-state index in [0.717, 1.165) is 12.1 Å². The van der Waals surface area contributed by atoms with Gasteiger partial charge in [0.15, 0.2) is 5.65 Å². The van der Waals surface area contributed by atoms with Crippen LogP contribution < -0.4 is 5.56 Å². The molecule has 23 heavy (non-hydrogen) atoms. The Morgan fingerprint density at radius 1 is 1.26 bits per heavy atom. The first-order chi connectivity index (χ1) is 10.8. The van der Waals surface area contributed by atoms with Crippen molar-refractivity contribution >= 4 is 17.4 Å². The first-order valence-electron chi connectivity index (χ1n) is 6.65. The fraction of sp³-hybridized carbons (Fsp3) is 0.200. The topological polar surface area (TPSA) is 50.2 Å². The van der Waals surface area contributed by atoms with Crippen molar-refractivity contribution in [2.24, 2.45) is 0 Å². The molecule has 0 aliphatic rings. The summed E-state index contributed by atoms with van der Waals surface area (Å²) in [5.74, 6) is 0. The van der Waals surface area contributed by atoms with Crippen LogP contribution in [0.5, 0.6) is 0 Å². The minimum Gasteiger partial charge on any atom is -0.289 e. The van der Waals surface area contributed by atoms with Gasteiger partial charge in [-0.25, -0.2) is 9.50 Å². The Hall–Kier alpha value is -2.22. The van der Waals surface area contributed by atoms with Crippen molar-refractivity contribution in [1.82, 2.24) is 14.6 Å². The van der Waals surface area contributed by atoms with E-state index >= 15 is 0 Å². The molecule has 0 saturated carbocycles. The number of hydrogen-bond acceptors (Lipinski definition) is 3. The molecule has 4 nitrogen and oxygen atoms in total. The minimum absolute atomic E-state index is 0.266. The van der Waals surface area contributed by atoms with E-state index in [1.54, 1.807) is 25.3 Å². The molecule has 1 N–H and O–H groups in total. The zero-order valence-corrected chi connectivity index (χ0v) is 13.0. The summed E-state index contributed by atoms with van der Waals surface area (Å²) in [6, 6.07) is 6.49. The molecule has 0 unspecified atom stereocenters. The molecule has 0 amide bonds. The van der Waals surface area contributed by atoms with Crippen LogP contribution in [-0.2, 0) is 6.18 Å². The molecule has 8 heteroatoms. The maximum atomic E-state index is 12.8. The maximum absolute atomic E-state index is 12.8. The van der Waals surface area contributed by atoms with Crippen molar-refractivity contribution in [3.05, 3.63) is 51.9 Å². The second-order valence-corrected chi connectivity index (χ2v) is 5.79. The lowest BCUT2D eigenvalue weighted by Crippen LogP contribution is -2.18. The van der Waals surface area contributed by atoms with Crippen LogP contribution in [0.1, 0.15) is 11.3 Å². The van der Waals surface area contributed by atoms with Crippen LogP contribution in [-0.4, -0.2) is 20.9 Å². The first-order valence-corrected chi connectivity index (χ1v) is 7.87. The molecule has 3 rings (SSSR count). The van der Waals surface area contributed by atoms with Gasteiger partial charge in [0.1, 0.15) is 0 Å². The minimum atomic E-state index is -4.42. The summed E-state index contributed by atoms with van der Waals surface area (Å²) < 4.78 is 39.7. The van der Waals surface area contributed by atoms with Crippen molar-refractivity contribution < 1.29 is 13.2 Å². The number of fused-ring (bicyclic) bond motifs is 1. The number of rotatable bonds is 2. The largest absolute Gasteiger partial charge is 0.416 e. The van der Waals surface area contributed by atoms with E-state index in [1.165, 1.54) is 22.3 Å². The fourth-order valence-corrected chi connectivity index (χ4v) is 2.97. The fourth-order valence-electron chi connectivity index (χ4n) is 2.37. The highest BCUT2D eigenvalue weighted by Crippen LogP contribution is 2.32. The third-order valence-corrected chi connectivity index (χ3v) is 4.33. The molecule has 2 heterocycles. The number of aromatic nitrogens is 3. The smallest absolute Gasteiger partial charge is 0.289 e. The molecule has 120 valence electrons. The monoisotopic (exact) mass is 339 g/mol. The zero-order chi connectivity index (χ0) is 16.8. The number of thioether (sulfide) groups is 1. The van der Waals surface area contributed by atoms with Gasteiger partial charge in [0.25, 0.3) is 5.56 Å². The molecule has 0 spiro atoms. The summed E-state index contributed by atoms with van der Waals surface area (Å²) in [6.45, 7) is 1.73. The summed E-state index contributed by atoms with van der Waals surface area (Å²) in [5, 5.41) is 2.82. The average Bonchev–Trinajstić information content (AvgIpc) is 2.91. The molecule has 0 atom stereocenters. The maximum Gasteiger partial charge on any atom is 0.416 e. The van der Waals surface area contributed by atoms with E-state index in [1.807, 2.05) is 0 Å². The third kappa shape index (κ3) is 2.74. The third-order valence-electron chi connectivity index (χ3n) is 3.45. The molecule has 0 bridgehead atoms. The van der Waals surface area contributed by atoms with Gasteiger partial charge in [-0.1, -0.05) is 12.1 Å². The number of aromatic amines is 1. The van der Waals surface area contributed by atoms with Gasteiger partial charge in [-0.05, 0) is 25.3 Å². The lowest BCUT2D eigenvalue weighted by atomic mass is 10.1. The van der Waals surface area contributed by atoms with Gasteiger partial charge in [0, 0.05) is 11.6 Å². The molecule has 0 fully saturated rings. The molecule has 0 radical (unpaired) electrons. The zero-order valence-electron chi connectivity index (χ0n) is 12.2. The Kier molecular flexibility index (Phi) is 3.71. The van der Waals surface area contributed by atoms with Crippen LogP contribution in [0.2, 0.25) is 0 Å². The van der Waals surface area contributed by atoms with Crippen LogP contribution in [0.3, 0.4) is 0 Å². The van der Waals surface area contributed by atoms with Crippen LogP contribution in [0, 0.1) is 6.92 Å². The van der Waals surface area contributed by atoms with Gasteiger partial charge in [-0.2, -0.15) is 13.2 Å². The summed E-state index contributed by atoms with van der Waals surface area (Å²) >= 11 is 1.28. The Bertz CT molecular complexity index is 943. The number of alkyl halides is 3. The number of halogens is 3. The summed E-state index contributed by atoms with van der Waals surface area (Å²) in [6.07, 6.45) is -2.64. The van der Waals surface area contributed by atoms with Crippen molar-refractivity contribution in [3.8, 4) is 11.3 Å². The number of aryl methyl sites for hydroxylation is 1. The van der Waals surface area contributed by atoms with E-state index in [-0.39, 0.29) is 5.56 Å². The number of hydrogen-bond donors (Lipinski definition) is 1. The molecule has 0 aliphatic heterocycles. The summed E-state index contributed by atoms with van der Waals surface area (Å²) in [4.78, 5) is 17.2. The highest BCUT2D eigenvalue weighted by Gasteiger charge is 2.30.